The van der Waals surface area contributed by atoms with Crippen molar-refractivity contribution in [3.05, 3.63) is 72.2 Å². The van der Waals surface area contributed by atoms with Gasteiger partial charge in [0, 0.05) is 32.2 Å². The number of aromatic carboxylic acids is 1. The SMILES string of the molecule is CN(Cc1ccc(-n2cccn2)cc1)c1ccc(C(=O)O)cn1. The van der Waals surface area contributed by atoms with E-state index in [9.17, 15) is 4.79 Å². The molecule has 3 aromatic rings. The maximum atomic E-state index is 10.8. The number of benzene rings is 1. The summed E-state index contributed by atoms with van der Waals surface area (Å²) >= 11 is 0. The molecule has 1 N–H and O–H groups in total. The van der Waals surface area contributed by atoms with E-state index in [4.69, 9.17) is 5.11 Å². The summed E-state index contributed by atoms with van der Waals surface area (Å²) in [5, 5.41) is 13.1. The Labute approximate surface area is 133 Å². The van der Waals surface area contributed by atoms with Crippen LogP contribution in [0.1, 0.15) is 15.9 Å². The molecule has 3 rings (SSSR count). The summed E-state index contributed by atoms with van der Waals surface area (Å²) in [6, 6.07) is 13.3. The van der Waals surface area contributed by atoms with Crippen LogP contribution in [0.25, 0.3) is 5.69 Å². The Balaban J connectivity index is 1.70. The molecule has 0 spiro atoms. The molecule has 6 nitrogen and oxygen atoms in total. The lowest BCUT2D eigenvalue weighted by atomic mass is 10.2. The number of aromatic nitrogens is 3. The summed E-state index contributed by atoms with van der Waals surface area (Å²) in [5.41, 5.74) is 2.32. The van der Waals surface area contributed by atoms with Gasteiger partial charge < -0.3 is 10.0 Å². The second kappa shape index (κ2) is 6.31. The minimum Gasteiger partial charge on any atom is -0.478 e. The Bertz CT molecular complexity index is 780. The second-order valence-electron chi connectivity index (χ2n) is 5.18. The zero-order valence-corrected chi connectivity index (χ0v) is 12.6. The Morgan fingerprint density at radius 1 is 1.22 bits per heavy atom. The average molecular weight is 308 g/mol. The van der Waals surface area contributed by atoms with Gasteiger partial charge in [0.2, 0.25) is 0 Å². The summed E-state index contributed by atoms with van der Waals surface area (Å²) in [6.45, 7) is 0.679. The van der Waals surface area contributed by atoms with Crippen molar-refractivity contribution >= 4 is 11.8 Å². The molecule has 0 atom stereocenters. The highest BCUT2D eigenvalue weighted by Gasteiger charge is 2.07. The van der Waals surface area contributed by atoms with Crippen molar-refractivity contribution < 1.29 is 9.90 Å². The maximum absolute atomic E-state index is 10.8. The molecule has 0 aliphatic carbocycles. The van der Waals surface area contributed by atoms with Crippen LogP contribution in [-0.4, -0.2) is 32.9 Å². The van der Waals surface area contributed by atoms with Crippen LogP contribution in [0.15, 0.2) is 61.1 Å². The minimum absolute atomic E-state index is 0.186. The number of hydrogen-bond donors (Lipinski definition) is 1. The zero-order valence-electron chi connectivity index (χ0n) is 12.6. The highest BCUT2D eigenvalue weighted by molar-refractivity contribution is 5.87. The predicted molar refractivity (Wildman–Crippen MR) is 86.9 cm³/mol. The van der Waals surface area contributed by atoms with Crippen molar-refractivity contribution in [2.24, 2.45) is 0 Å². The van der Waals surface area contributed by atoms with Crippen LogP contribution in [0.5, 0.6) is 0 Å². The van der Waals surface area contributed by atoms with Gasteiger partial charge in [-0.1, -0.05) is 12.1 Å². The minimum atomic E-state index is -0.971. The summed E-state index contributed by atoms with van der Waals surface area (Å²) in [4.78, 5) is 17.0. The Morgan fingerprint density at radius 3 is 2.57 bits per heavy atom. The Morgan fingerprint density at radius 2 is 2.00 bits per heavy atom. The molecule has 0 saturated heterocycles. The van der Waals surface area contributed by atoms with Crippen molar-refractivity contribution in [1.29, 1.82) is 0 Å². The lowest BCUT2D eigenvalue weighted by Gasteiger charge is -2.18. The molecule has 0 aliphatic rings. The van der Waals surface area contributed by atoms with Gasteiger partial charge in [-0.2, -0.15) is 5.10 Å². The number of rotatable bonds is 5. The zero-order chi connectivity index (χ0) is 16.2. The molecule has 0 fully saturated rings. The quantitative estimate of drug-likeness (QED) is 0.784. The van der Waals surface area contributed by atoms with Crippen molar-refractivity contribution in [2.75, 3.05) is 11.9 Å². The summed E-state index contributed by atoms with van der Waals surface area (Å²) in [5.74, 6) is -0.243. The van der Waals surface area contributed by atoms with Crippen LogP contribution in [0.4, 0.5) is 5.82 Å². The molecule has 0 saturated carbocycles. The van der Waals surface area contributed by atoms with Crippen molar-refractivity contribution in [2.45, 2.75) is 6.54 Å². The fourth-order valence-electron chi connectivity index (χ4n) is 2.27. The average Bonchev–Trinajstić information content (AvgIpc) is 3.10. The molecular formula is C17H16N4O2. The van der Waals surface area contributed by atoms with Crippen LogP contribution < -0.4 is 4.90 Å². The van der Waals surface area contributed by atoms with Crippen molar-refractivity contribution in [3.63, 3.8) is 0 Å². The van der Waals surface area contributed by atoms with Crippen molar-refractivity contribution in [1.82, 2.24) is 14.8 Å². The smallest absolute Gasteiger partial charge is 0.337 e. The maximum Gasteiger partial charge on any atom is 0.337 e. The number of pyridine rings is 1. The van der Waals surface area contributed by atoms with E-state index in [2.05, 4.69) is 10.1 Å². The molecule has 0 bridgehead atoms. The van der Waals surface area contributed by atoms with Gasteiger partial charge in [0.1, 0.15) is 5.82 Å². The third-order valence-electron chi connectivity index (χ3n) is 3.51. The number of nitrogens with zero attached hydrogens (tertiary/aromatic N) is 4. The van der Waals surface area contributed by atoms with E-state index >= 15 is 0 Å². The molecule has 0 aliphatic heterocycles. The van der Waals surface area contributed by atoms with Gasteiger partial charge in [-0.3, -0.25) is 0 Å². The van der Waals surface area contributed by atoms with E-state index in [1.165, 1.54) is 6.20 Å². The third-order valence-corrected chi connectivity index (χ3v) is 3.51. The van der Waals surface area contributed by atoms with E-state index in [1.807, 2.05) is 48.5 Å². The Hall–Kier alpha value is -3.15. The molecule has 0 radical (unpaired) electrons. The fourth-order valence-corrected chi connectivity index (χ4v) is 2.27. The van der Waals surface area contributed by atoms with Crippen LogP contribution in [-0.2, 0) is 6.54 Å². The largest absolute Gasteiger partial charge is 0.478 e. The van der Waals surface area contributed by atoms with Crippen LogP contribution in [0, 0.1) is 0 Å². The first-order valence-corrected chi connectivity index (χ1v) is 7.13. The van der Waals surface area contributed by atoms with Gasteiger partial charge >= 0.3 is 5.97 Å². The van der Waals surface area contributed by atoms with Gasteiger partial charge in [0.25, 0.3) is 0 Å². The number of hydrogen-bond acceptors (Lipinski definition) is 4. The first-order valence-electron chi connectivity index (χ1n) is 7.13. The third kappa shape index (κ3) is 3.37. The van der Waals surface area contributed by atoms with Gasteiger partial charge in [-0.25, -0.2) is 14.5 Å². The molecule has 6 heteroatoms. The van der Waals surface area contributed by atoms with Crippen LogP contribution >= 0.6 is 0 Å². The van der Waals surface area contributed by atoms with Gasteiger partial charge in [0.05, 0.1) is 11.3 Å². The molecule has 2 heterocycles. The number of carboxylic acids is 1. The first kappa shape index (κ1) is 14.8. The molecule has 0 amide bonds. The topological polar surface area (TPSA) is 71.2 Å². The number of carbonyl (C=O) groups is 1. The normalized spacial score (nSPS) is 10.5. The fraction of sp³-hybridized carbons (Fsp3) is 0.118. The van der Waals surface area contributed by atoms with Crippen molar-refractivity contribution in [3.8, 4) is 5.69 Å². The predicted octanol–water partition coefficient (Wildman–Crippen LogP) is 2.60. The van der Waals surface area contributed by atoms with E-state index in [1.54, 1.807) is 23.0 Å². The van der Waals surface area contributed by atoms with E-state index in [0.717, 1.165) is 17.1 Å². The van der Waals surface area contributed by atoms with Gasteiger partial charge in [-0.05, 0) is 35.9 Å². The molecule has 23 heavy (non-hydrogen) atoms. The monoisotopic (exact) mass is 308 g/mol. The summed E-state index contributed by atoms with van der Waals surface area (Å²) in [7, 11) is 1.92. The highest BCUT2D eigenvalue weighted by atomic mass is 16.4. The number of anilines is 1. The molecule has 2 aromatic heterocycles. The highest BCUT2D eigenvalue weighted by Crippen LogP contribution is 2.15. The molecule has 1 aromatic carbocycles. The van der Waals surface area contributed by atoms with Gasteiger partial charge in [-0.15, -0.1) is 0 Å². The van der Waals surface area contributed by atoms with Crippen LogP contribution in [0.2, 0.25) is 0 Å². The standard InChI is InChI=1S/C17H16N4O2/c1-20(16-8-5-14(11-18-16)17(22)23)12-13-3-6-15(7-4-13)21-10-2-9-19-21/h2-11H,12H2,1H3,(H,22,23). The van der Waals surface area contributed by atoms with Crippen LogP contribution in [0.3, 0.4) is 0 Å². The molecular weight excluding hydrogens is 292 g/mol. The van der Waals surface area contributed by atoms with E-state index in [-0.39, 0.29) is 5.56 Å². The molecule has 116 valence electrons. The lowest BCUT2D eigenvalue weighted by Crippen LogP contribution is -2.17. The van der Waals surface area contributed by atoms with Gasteiger partial charge in [0.15, 0.2) is 0 Å². The molecule has 0 unspecified atom stereocenters. The number of carboxylic acid groups (broad SMARTS) is 1. The van der Waals surface area contributed by atoms with E-state index < -0.39 is 5.97 Å². The van der Waals surface area contributed by atoms with E-state index in [0.29, 0.717) is 6.54 Å². The lowest BCUT2D eigenvalue weighted by molar-refractivity contribution is 0.0696. The Kier molecular flexibility index (Phi) is 4.05. The summed E-state index contributed by atoms with van der Waals surface area (Å²) in [6.07, 6.45) is 5.01. The second-order valence-corrected chi connectivity index (χ2v) is 5.18. The first-order chi connectivity index (χ1) is 11.1. The summed E-state index contributed by atoms with van der Waals surface area (Å²) < 4.78 is 1.81.